The fourth-order valence-electron chi connectivity index (χ4n) is 1.70. The van der Waals surface area contributed by atoms with Crippen molar-refractivity contribution in [2.45, 2.75) is 13.0 Å². The van der Waals surface area contributed by atoms with E-state index < -0.39 is 0 Å². The van der Waals surface area contributed by atoms with Gasteiger partial charge in [-0.2, -0.15) is 0 Å². The van der Waals surface area contributed by atoms with E-state index in [1.54, 1.807) is 30.8 Å². The minimum absolute atomic E-state index is 0.0616. The minimum atomic E-state index is -0.231. The molecule has 15 heavy (non-hydrogen) atoms. The van der Waals surface area contributed by atoms with Crippen LogP contribution in [0.4, 0.5) is 0 Å². The molecule has 0 spiro atoms. The summed E-state index contributed by atoms with van der Waals surface area (Å²) < 4.78 is 3.05. The molecule has 0 aliphatic carbocycles. The number of fused-ring (bicyclic) bond motifs is 1. The Hall–Kier alpha value is -1.62. The van der Waals surface area contributed by atoms with E-state index in [2.05, 4.69) is 4.98 Å². The van der Waals surface area contributed by atoms with Gasteiger partial charge >= 0.3 is 5.69 Å². The second-order valence-electron chi connectivity index (χ2n) is 3.59. The third-order valence-electron chi connectivity index (χ3n) is 2.54. The van der Waals surface area contributed by atoms with Crippen LogP contribution in [0.2, 0.25) is 0 Å². The highest BCUT2D eigenvalue weighted by molar-refractivity contribution is 5.71. The molecule has 1 unspecified atom stereocenters. The molecule has 0 radical (unpaired) electrons. The Labute approximate surface area is 86.6 Å². The van der Waals surface area contributed by atoms with Gasteiger partial charge in [0.1, 0.15) is 0 Å². The van der Waals surface area contributed by atoms with Gasteiger partial charge in [0.15, 0.2) is 5.65 Å². The zero-order valence-electron chi connectivity index (χ0n) is 8.71. The smallest absolute Gasteiger partial charge is 0.330 e. The van der Waals surface area contributed by atoms with Gasteiger partial charge in [-0.1, -0.05) is 0 Å². The Kier molecular flexibility index (Phi) is 2.32. The minimum Gasteiger partial charge on any atom is -0.394 e. The SMILES string of the molecule is CC(CO)n1c(=O)n(C)c2ncccc21. The van der Waals surface area contributed by atoms with Crippen LogP contribution in [-0.4, -0.2) is 25.8 Å². The first-order chi connectivity index (χ1) is 7.16. The van der Waals surface area contributed by atoms with Crippen LogP contribution in [0.3, 0.4) is 0 Å². The van der Waals surface area contributed by atoms with Gasteiger partial charge in [0.2, 0.25) is 0 Å². The third kappa shape index (κ3) is 1.35. The Bertz CT molecular complexity index is 541. The molecule has 2 aromatic heterocycles. The van der Waals surface area contributed by atoms with Gasteiger partial charge in [-0.3, -0.25) is 9.13 Å². The number of rotatable bonds is 2. The third-order valence-corrected chi connectivity index (χ3v) is 2.54. The molecule has 2 rings (SSSR count). The molecular weight excluding hydrogens is 194 g/mol. The average molecular weight is 207 g/mol. The van der Waals surface area contributed by atoms with Gasteiger partial charge in [-0.05, 0) is 19.1 Å². The molecule has 5 nitrogen and oxygen atoms in total. The highest BCUT2D eigenvalue weighted by atomic mass is 16.3. The fraction of sp³-hybridized carbons (Fsp3) is 0.400. The number of hydrogen-bond donors (Lipinski definition) is 1. The fourth-order valence-corrected chi connectivity index (χ4v) is 1.70. The van der Waals surface area contributed by atoms with Crippen molar-refractivity contribution in [2.75, 3.05) is 6.61 Å². The normalized spacial score (nSPS) is 13.3. The molecule has 0 aliphatic heterocycles. The zero-order chi connectivity index (χ0) is 11.0. The monoisotopic (exact) mass is 207 g/mol. The van der Waals surface area contributed by atoms with Crippen molar-refractivity contribution < 1.29 is 5.11 Å². The molecule has 0 fully saturated rings. The Morgan fingerprint density at radius 2 is 2.33 bits per heavy atom. The second-order valence-corrected chi connectivity index (χ2v) is 3.59. The first-order valence-electron chi connectivity index (χ1n) is 4.79. The molecule has 0 saturated heterocycles. The van der Waals surface area contributed by atoms with Crippen molar-refractivity contribution in [3.8, 4) is 0 Å². The van der Waals surface area contributed by atoms with Crippen LogP contribution < -0.4 is 5.69 Å². The summed E-state index contributed by atoms with van der Waals surface area (Å²) in [7, 11) is 1.68. The van der Waals surface area contributed by atoms with E-state index in [9.17, 15) is 4.79 Å². The summed E-state index contributed by atoms with van der Waals surface area (Å²) in [6.07, 6.45) is 1.65. The topological polar surface area (TPSA) is 60.1 Å². The van der Waals surface area contributed by atoms with E-state index in [1.165, 1.54) is 4.57 Å². The van der Waals surface area contributed by atoms with E-state index in [0.717, 1.165) is 5.52 Å². The molecule has 0 aromatic carbocycles. The van der Waals surface area contributed by atoms with E-state index in [-0.39, 0.29) is 18.3 Å². The predicted octanol–water partition coefficient (Wildman–Crippen LogP) is 0.288. The summed E-state index contributed by atoms with van der Waals surface area (Å²) in [6, 6.07) is 3.38. The van der Waals surface area contributed by atoms with E-state index >= 15 is 0 Å². The molecule has 80 valence electrons. The van der Waals surface area contributed by atoms with Gasteiger partial charge in [-0.25, -0.2) is 9.78 Å². The van der Waals surface area contributed by atoms with Crippen LogP contribution in [0.25, 0.3) is 11.2 Å². The molecule has 5 heteroatoms. The number of aromatic nitrogens is 3. The molecule has 0 bridgehead atoms. The van der Waals surface area contributed by atoms with Crippen LogP contribution >= 0.6 is 0 Å². The number of aliphatic hydroxyl groups excluding tert-OH is 1. The number of pyridine rings is 1. The predicted molar refractivity (Wildman–Crippen MR) is 56.8 cm³/mol. The Morgan fingerprint density at radius 1 is 1.60 bits per heavy atom. The van der Waals surface area contributed by atoms with E-state index in [1.807, 2.05) is 6.07 Å². The highest BCUT2D eigenvalue weighted by Crippen LogP contribution is 2.13. The molecule has 2 aromatic rings. The lowest BCUT2D eigenvalue weighted by molar-refractivity contribution is 0.238. The first-order valence-corrected chi connectivity index (χ1v) is 4.79. The summed E-state index contributed by atoms with van der Waals surface area (Å²) in [5, 5.41) is 9.09. The lowest BCUT2D eigenvalue weighted by atomic mass is 10.3. The summed E-state index contributed by atoms with van der Waals surface area (Å²) in [5.41, 5.74) is 1.25. The molecule has 0 saturated carbocycles. The van der Waals surface area contributed by atoms with Gasteiger partial charge in [0, 0.05) is 13.2 Å². The summed E-state index contributed by atoms with van der Waals surface area (Å²) in [5.74, 6) is 0. The number of aryl methyl sites for hydroxylation is 1. The summed E-state index contributed by atoms with van der Waals surface area (Å²) >= 11 is 0. The zero-order valence-corrected chi connectivity index (χ0v) is 8.71. The lowest BCUT2D eigenvalue weighted by Crippen LogP contribution is -2.26. The maximum Gasteiger partial charge on any atom is 0.330 e. The van der Waals surface area contributed by atoms with E-state index in [0.29, 0.717) is 5.65 Å². The molecule has 0 amide bonds. The van der Waals surface area contributed by atoms with Gasteiger partial charge in [0.05, 0.1) is 18.2 Å². The summed E-state index contributed by atoms with van der Waals surface area (Å²) in [4.78, 5) is 16.0. The highest BCUT2D eigenvalue weighted by Gasteiger charge is 2.14. The van der Waals surface area contributed by atoms with Crippen LogP contribution in [0, 0.1) is 0 Å². The van der Waals surface area contributed by atoms with Crippen LogP contribution in [0.5, 0.6) is 0 Å². The molecular formula is C10H13N3O2. The van der Waals surface area contributed by atoms with Crippen LogP contribution in [0.1, 0.15) is 13.0 Å². The van der Waals surface area contributed by atoms with Crippen molar-refractivity contribution in [3.63, 3.8) is 0 Å². The quantitative estimate of drug-likeness (QED) is 0.769. The maximum absolute atomic E-state index is 11.9. The second kappa shape index (κ2) is 3.51. The number of aliphatic hydroxyl groups is 1. The van der Waals surface area contributed by atoms with Crippen molar-refractivity contribution in [2.24, 2.45) is 7.05 Å². The largest absolute Gasteiger partial charge is 0.394 e. The number of nitrogens with zero attached hydrogens (tertiary/aromatic N) is 3. The number of imidazole rings is 1. The number of hydrogen-bond acceptors (Lipinski definition) is 3. The first kappa shape index (κ1) is 9.92. The Morgan fingerprint density at radius 3 is 3.00 bits per heavy atom. The van der Waals surface area contributed by atoms with Crippen molar-refractivity contribution in [3.05, 3.63) is 28.8 Å². The van der Waals surface area contributed by atoms with Crippen molar-refractivity contribution >= 4 is 11.2 Å². The van der Waals surface area contributed by atoms with Gasteiger partial charge in [0.25, 0.3) is 0 Å². The van der Waals surface area contributed by atoms with Crippen LogP contribution in [0.15, 0.2) is 23.1 Å². The van der Waals surface area contributed by atoms with Crippen molar-refractivity contribution in [1.82, 2.24) is 14.1 Å². The molecule has 0 aliphatic rings. The molecule has 2 heterocycles. The maximum atomic E-state index is 11.9. The molecule has 1 N–H and O–H groups in total. The van der Waals surface area contributed by atoms with Gasteiger partial charge in [-0.15, -0.1) is 0 Å². The Balaban J connectivity index is 2.84. The standard InChI is InChI=1S/C10H13N3O2/c1-7(6-14)13-8-4-3-5-11-9(8)12(2)10(13)15/h3-5,7,14H,6H2,1-2H3. The lowest BCUT2D eigenvalue weighted by Gasteiger charge is -2.08. The van der Waals surface area contributed by atoms with Crippen LogP contribution in [-0.2, 0) is 7.05 Å². The molecule has 1 atom stereocenters. The van der Waals surface area contributed by atoms with E-state index in [4.69, 9.17) is 5.11 Å². The summed E-state index contributed by atoms with van der Waals surface area (Å²) in [6.45, 7) is 1.74. The van der Waals surface area contributed by atoms with Gasteiger partial charge < -0.3 is 5.11 Å². The average Bonchev–Trinajstić information content (AvgIpc) is 2.52. The van der Waals surface area contributed by atoms with Crippen molar-refractivity contribution in [1.29, 1.82) is 0 Å².